The fourth-order valence-electron chi connectivity index (χ4n) is 3.72. The highest BCUT2D eigenvalue weighted by Crippen LogP contribution is 2.45. The number of aliphatic hydroxyl groups excluding tert-OH is 1. The molecule has 23 heavy (non-hydrogen) atoms. The molecule has 0 bridgehead atoms. The molecule has 1 heterocycles. The van der Waals surface area contributed by atoms with E-state index in [0.717, 1.165) is 32.1 Å². The van der Waals surface area contributed by atoms with Crippen molar-refractivity contribution in [1.29, 1.82) is 5.26 Å². The molecule has 1 aromatic rings. The predicted octanol–water partition coefficient (Wildman–Crippen LogP) is 2.30. The molecule has 2 amide bonds. The number of likely N-dealkylation sites (tertiary alicyclic amines) is 1. The van der Waals surface area contributed by atoms with Gasteiger partial charge in [0.15, 0.2) is 0 Å². The van der Waals surface area contributed by atoms with Gasteiger partial charge in [-0.05, 0) is 30.5 Å². The van der Waals surface area contributed by atoms with Gasteiger partial charge in [0, 0.05) is 6.42 Å². The van der Waals surface area contributed by atoms with Gasteiger partial charge in [0.2, 0.25) is 11.8 Å². The van der Waals surface area contributed by atoms with E-state index in [4.69, 9.17) is 5.26 Å². The van der Waals surface area contributed by atoms with Crippen LogP contribution >= 0.6 is 0 Å². The standard InChI is InChI=1S/C18H20N2O3/c19-11-13-4-6-14(7-5-13)15(21)12-20-16(22)10-18(17(20)23)8-2-1-3-9-18/h4-7,15,21H,1-3,8-10,12H2. The Bertz CT molecular complexity index is 654. The molecular formula is C18H20N2O3. The van der Waals surface area contributed by atoms with Gasteiger partial charge >= 0.3 is 0 Å². The highest BCUT2D eigenvalue weighted by Gasteiger charge is 2.51. The van der Waals surface area contributed by atoms with Gasteiger partial charge in [0.1, 0.15) is 0 Å². The summed E-state index contributed by atoms with van der Waals surface area (Å²) in [6.07, 6.45) is 4.02. The highest BCUT2D eigenvalue weighted by atomic mass is 16.3. The summed E-state index contributed by atoms with van der Waals surface area (Å²) in [5.74, 6) is -0.292. The van der Waals surface area contributed by atoms with Crippen molar-refractivity contribution in [2.75, 3.05) is 6.54 Å². The Labute approximate surface area is 135 Å². The van der Waals surface area contributed by atoms with Gasteiger partial charge in [0.05, 0.1) is 29.7 Å². The molecule has 5 nitrogen and oxygen atoms in total. The van der Waals surface area contributed by atoms with Crippen LogP contribution in [0.5, 0.6) is 0 Å². The maximum absolute atomic E-state index is 12.7. The van der Waals surface area contributed by atoms with E-state index in [-0.39, 0.29) is 24.8 Å². The number of nitriles is 1. The SMILES string of the molecule is N#Cc1ccc(C(O)CN2C(=O)CC3(CCCCC3)C2=O)cc1. The zero-order chi connectivity index (χ0) is 16.4. The first-order valence-electron chi connectivity index (χ1n) is 8.09. The molecule has 5 heteroatoms. The van der Waals surface area contributed by atoms with Gasteiger partial charge in [-0.1, -0.05) is 31.4 Å². The summed E-state index contributed by atoms with van der Waals surface area (Å²) in [6.45, 7) is -0.00861. The molecular weight excluding hydrogens is 292 g/mol. The maximum Gasteiger partial charge on any atom is 0.236 e. The quantitative estimate of drug-likeness (QED) is 0.868. The van der Waals surface area contributed by atoms with Crippen molar-refractivity contribution in [3.8, 4) is 6.07 Å². The largest absolute Gasteiger partial charge is 0.387 e. The minimum absolute atomic E-state index is 0.00861. The molecule has 1 N–H and O–H groups in total. The van der Waals surface area contributed by atoms with Crippen molar-refractivity contribution < 1.29 is 14.7 Å². The average Bonchev–Trinajstić information content (AvgIpc) is 2.80. The Kier molecular flexibility index (Phi) is 4.18. The molecule has 120 valence electrons. The van der Waals surface area contributed by atoms with Gasteiger partial charge < -0.3 is 5.11 Å². The molecule has 1 aromatic carbocycles. The summed E-state index contributed by atoms with van der Waals surface area (Å²) in [5, 5.41) is 19.1. The van der Waals surface area contributed by atoms with E-state index in [1.807, 2.05) is 6.07 Å². The highest BCUT2D eigenvalue weighted by molar-refractivity contribution is 6.06. The first-order valence-corrected chi connectivity index (χ1v) is 8.09. The second kappa shape index (κ2) is 6.13. The third kappa shape index (κ3) is 2.87. The minimum Gasteiger partial charge on any atom is -0.387 e. The third-order valence-corrected chi connectivity index (χ3v) is 5.08. The molecule has 1 unspecified atom stereocenters. The molecule has 2 fully saturated rings. The maximum atomic E-state index is 12.7. The number of amides is 2. The number of aliphatic hydroxyl groups is 1. The first-order chi connectivity index (χ1) is 11.1. The predicted molar refractivity (Wildman–Crippen MR) is 83.0 cm³/mol. The second-order valence-electron chi connectivity index (χ2n) is 6.58. The number of hydrogen-bond acceptors (Lipinski definition) is 4. The van der Waals surface area contributed by atoms with Crippen LogP contribution in [0.3, 0.4) is 0 Å². The normalized spacial score (nSPS) is 21.5. The van der Waals surface area contributed by atoms with Crippen LogP contribution in [0.15, 0.2) is 24.3 Å². The minimum atomic E-state index is -0.922. The molecule has 2 aliphatic rings. The molecule has 1 aliphatic heterocycles. The van der Waals surface area contributed by atoms with Gasteiger partial charge in [-0.25, -0.2) is 0 Å². The number of carbonyl (C=O) groups excluding carboxylic acids is 2. The number of benzene rings is 1. The van der Waals surface area contributed by atoms with E-state index in [2.05, 4.69) is 0 Å². The zero-order valence-electron chi connectivity index (χ0n) is 13.0. The summed E-state index contributed by atoms with van der Waals surface area (Å²) in [5.41, 5.74) is 0.601. The van der Waals surface area contributed by atoms with Crippen LogP contribution in [0.2, 0.25) is 0 Å². The van der Waals surface area contributed by atoms with Crippen LogP contribution < -0.4 is 0 Å². The lowest BCUT2D eigenvalue weighted by molar-refractivity contribution is -0.143. The van der Waals surface area contributed by atoms with E-state index < -0.39 is 11.5 Å². The van der Waals surface area contributed by atoms with Crippen LogP contribution in [0.1, 0.15) is 55.8 Å². The Hall–Kier alpha value is -2.19. The number of nitrogens with zero attached hydrogens (tertiary/aromatic N) is 2. The summed E-state index contributed by atoms with van der Waals surface area (Å²) >= 11 is 0. The van der Waals surface area contributed by atoms with Crippen molar-refractivity contribution in [3.05, 3.63) is 35.4 Å². The molecule has 1 saturated carbocycles. The Morgan fingerprint density at radius 3 is 2.43 bits per heavy atom. The number of hydrogen-bond donors (Lipinski definition) is 1. The van der Waals surface area contributed by atoms with Crippen LogP contribution in [-0.2, 0) is 9.59 Å². The monoisotopic (exact) mass is 312 g/mol. The smallest absolute Gasteiger partial charge is 0.236 e. The Morgan fingerprint density at radius 2 is 1.83 bits per heavy atom. The number of imide groups is 1. The average molecular weight is 312 g/mol. The number of carbonyl (C=O) groups is 2. The lowest BCUT2D eigenvalue weighted by Gasteiger charge is -2.30. The molecule has 1 saturated heterocycles. The van der Waals surface area contributed by atoms with Crippen molar-refractivity contribution in [2.24, 2.45) is 5.41 Å². The van der Waals surface area contributed by atoms with Gasteiger partial charge in [-0.2, -0.15) is 5.26 Å². The topological polar surface area (TPSA) is 81.4 Å². The third-order valence-electron chi connectivity index (χ3n) is 5.08. The van der Waals surface area contributed by atoms with Crippen molar-refractivity contribution in [1.82, 2.24) is 4.90 Å². The van der Waals surface area contributed by atoms with Crippen molar-refractivity contribution >= 4 is 11.8 Å². The summed E-state index contributed by atoms with van der Waals surface area (Å²) in [4.78, 5) is 26.2. The van der Waals surface area contributed by atoms with E-state index in [9.17, 15) is 14.7 Å². The fourth-order valence-corrected chi connectivity index (χ4v) is 3.72. The summed E-state index contributed by atoms with van der Waals surface area (Å²) < 4.78 is 0. The van der Waals surface area contributed by atoms with Gasteiger partial charge in [0.25, 0.3) is 0 Å². The molecule has 0 aromatic heterocycles. The Morgan fingerprint density at radius 1 is 1.17 bits per heavy atom. The summed E-state index contributed by atoms with van der Waals surface area (Å²) in [6, 6.07) is 8.57. The fraction of sp³-hybridized carbons (Fsp3) is 0.500. The van der Waals surface area contributed by atoms with Crippen LogP contribution in [0, 0.1) is 16.7 Å². The lowest BCUT2D eigenvalue weighted by atomic mass is 9.73. The number of rotatable bonds is 3. The van der Waals surface area contributed by atoms with E-state index in [1.165, 1.54) is 4.90 Å². The van der Waals surface area contributed by atoms with Crippen LogP contribution in [-0.4, -0.2) is 28.4 Å². The molecule has 1 aliphatic carbocycles. The first kappa shape index (κ1) is 15.7. The molecule has 1 spiro atoms. The molecule has 0 radical (unpaired) electrons. The van der Waals surface area contributed by atoms with E-state index in [0.29, 0.717) is 11.1 Å². The second-order valence-corrected chi connectivity index (χ2v) is 6.58. The van der Waals surface area contributed by atoms with E-state index in [1.54, 1.807) is 24.3 Å². The van der Waals surface area contributed by atoms with Gasteiger partial charge in [-0.15, -0.1) is 0 Å². The summed E-state index contributed by atoms with van der Waals surface area (Å²) in [7, 11) is 0. The zero-order valence-corrected chi connectivity index (χ0v) is 13.0. The van der Waals surface area contributed by atoms with Crippen molar-refractivity contribution in [3.63, 3.8) is 0 Å². The number of β-amino-alcohol motifs (C(OH)–C–C–N with tert-alkyl or cyclic N) is 1. The molecule has 3 rings (SSSR count). The Balaban J connectivity index is 1.72. The van der Waals surface area contributed by atoms with Crippen molar-refractivity contribution in [2.45, 2.75) is 44.6 Å². The lowest BCUT2D eigenvalue weighted by Crippen LogP contribution is -2.39. The van der Waals surface area contributed by atoms with Gasteiger partial charge in [-0.3, -0.25) is 14.5 Å². The molecule has 1 atom stereocenters. The van der Waals surface area contributed by atoms with Crippen LogP contribution in [0.25, 0.3) is 0 Å². The van der Waals surface area contributed by atoms with Crippen LogP contribution in [0.4, 0.5) is 0 Å². The van der Waals surface area contributed by atoms with E-state index >= 15 is 0 Å².